The third kappa shape index (κ3) is 2.99. The van der Waals surface area contributed by atoms with Gasteiger partial charge in [0.05, 0.1) is 36.7 Å². The summed E-state index contributed by atoms with van der Waals surface area (Å²) in [7, 11) is 0. The fourth-order valence-corrected chi connectivity index (χ4v) is 3.29. The molecule has 1 fully saturated rings. The van der Waals surface area contributed by atoms with Crippen molar-refractivity contribution in [2.45, 2.75) is 19.8 Å². The number of hydrogen-bond acceptors (Lipinski definition) is 4. The third-order valence-corrected chi connectivity index (χ3v) is 4.57. The van der Waals surface area contributed by atoms with Gasteiger partial charge >= 0.3 is 5.97 Å². The molecule has 1 N–H and O–H groups in total. The van der Waals surface area contributed by atoms with Crippen LogP contribution in [0, 0.1) is 5.92 Å². The first-order valence-electron chi connectivity index (χ1n) is 8.07. The Balaban J connectivity index is 1.59. The van der Waals surface area contributed by atoms with E-state index in [1.165, 1.54) is 4.90 Å². The number of rotatable bonds is 4. The highest BCUT2D eigenvalue weighted by atomic mass is 16.5. The zero-order chi connectivity index (χ0) is 16.4. The van der Waals surface area contributed by atoms with Crippen molar-refractivity contribution in [1.29, 1.82) is 0 Å². The minimum atomic E-state index is -0.217. The highest BCUT2D eigenvalue weighted by Gasteiger charge is 2.38. The standard InChI is InChI=1S/C17H20N2O4/c1-2-23-17(22)12-7-9-18(10-8-12)11-19-15(20)13-5-3-4-6-14(13)16(19)21/h3-6,12H,2,7-11H2,1H3/p+1. The number of hydrogen-bond donors (Lipinski definition) is 1. The van der Waals surface area contributed by atoms with Gasteiger partial charge in [-0.25, -0.2) is 4.90 Å². The van der Waals surface area contributed by atoms with E-state index in [2.05, 4.69) is 0 Å². The normalized spacial score (nSPS) is 23.8. The van der Waals surface area contributed by atoms with Crippen LogP contribution >= 0.6 is 0 Å². The van der Waals surface area contributed by atoms with Crippen molar-refractivity contribution in [3.63, 3.8) is 0 Å². The summed E-state index contributed by atoms with van der Waals surface area (Å²) in [5, 5.41) is 0. The molecule has 0 atom stereocenters. The maximum absolute atomic E-state index is 12.4. The van der Waals surface area contributed by atoms with Crippen LogP contribution in [-0.2, 0) is 9.53 Å². The van der Waals surface area contributed by atoms with Crippen molar-refractivity contribution in [1.82, 2.24) is 4.90 Å². The molecule has 2 aliphatic rings. The molecule has 0 saturated carbocycles. The van der Waals surface area contributed by atoms with E-state index in [-0.39, 0.29) is 23.7 Å². The van der Waals surface area contributed by atoms with Gasteiger partial charge in [-0.15, -0.1) is 0 Å². The number of likely N-dealkylation sites (tertiary alicyclic amines) is 1. The van der Waals surface area contributed by atoms with E-state index < -0.39 is 0 Å². The lowest BCUT2D eigenvalue weighted by molar-refractivity contribution is -0.912. The van der Waals surface area contributed by atoms with Crippen LogP contribution in [0.3, 0.4) is 0 Å². The predicted octanol–water partition coefficient (Wildman–Crippen LogP) is 0.0981. The predicted molar refractivity (Wildman–Crippen MR) is 81.9 cm³/mol. The van der Waals surface area contributed by atoms with Gasteiger partial charge in [-0.05, 0) is 19.1 Å². The largest absolute Gasteiger partial charge is 0.466 e. The Kier molecular flexibility index (Phi) is 4.43. The molecule has 0 bridgehead atoms. The second kappa shape index (κ2) is 6.50. The van der Waals surface area contributed by atoms with Crippen LogP contribution in [0.15, 0.2) is 24.3 Å². The van der Waals surface area contributed by atoms with Gasteiger partial charge < -0.3 is 9.64 Å². The summed E-state index contributed by atoms with van der Waals surface area (Å²) in [5.74, 6) is -0.621. The van der Waals surface area contributed by atoms with Gasteiger partial charge in [-0.2, -0.15) is 0 Å². The summed E-state index contributed by atoms with van der Waals surface area (Å²) in [6, 6.07) is 6.92. The van der Waals surface area contributed by atoms with E-state index in [0.717, 1.165) is 30.8 Å². The molecular formula is C17H21N2O4+. The lowest BCUT2D eigenvalue weighted by Gasteiger charge is -2.30. The maximum atomic E-state index is 12.4. The second-order valence-electron chi connectivity index (χ2n) is 6.02. The second-order valence-corrected chi connectivity index (χ2v) is 6.02. The van der Waals surface area contributed by atoms with Gasteiger partial charge in [-0.1, -0.05) is 12.1 Å². The smallest absolute Gasteiger partial charge is 0.309 e. The molecule has 0 spiro atoms. The van der Waals surface area contributed by atoms with Crippen molar-refractivity contribution in [3.8, 4) is 0 Å². The number of imide groups is 1. The molecule has 23 heavy (non-hydrogen) atoms. The first-order chi connectivity index (χ1) is 11.1. The Morgan fingerprint density at radius 3 is 2.26 bits per heavy atom. The first kappa shape index (κ1) is 15.7. The van der Waals surface area contributed by atoms with Gasteiger partial charge in [0.25, 0.3) is 11.8 Å². The van der Waals surface area contributed by atoms with Crippen molar-refractivity contribution in [3.05, 3.63) is 35.4 Å². The first-order valence-corrected chi connectivity index (χ1v) is 8.07. The number of benzene rings is 1. The number of amides is 2. The molecule has 6 nitrogen and oxygen atoms in total. The van der Waals surface area contributed by atoms with E-state index in [0.29, 0.717) is 24.4 Å². The number of quaternary nitrogens is 1. The SMILES string of the molecule is CCOC(=O)C1CC[NH+](CN2C(=O)c3ccccc3C2=O)CC1. The summed E-state index contributed by atoms with van der Waals surface area (Å²) in [6.45, 7) is 4.09. The zero-order valence-electron chi connectivity index (χ0n) is 13.2. The maximum Gasteiger partial charge on any atom is 0.309 e. The Bertz CT molecular complexity index is 600. The van der Waals surface area contributed by atoms with Gasteiger partial charge in [0, 0.05) is 12.8 Å². The molecule has 1 aromatic carbocycles. The van der Waals surface area contributed by atoms with Crippen molar-refractivity contribution < 1.29 is 24.0 Å². The Labute approximate surface area is 135 Å². The highest BCUT2D eigenvalue weighted by Crippen LogP contribution is 2.21. The van der Waals surface area contributed by atoms with Gasteiger partial charge in [0.1, 0.15) is 0 Å². The number of piperidine rings is 1. The van der Waals surface area contributed by atoms with Gasteiger partial charge in [0.15, 0.2) is 6.67 Å². The monoisotopic (exact) mass is 317 g/mol. The van der Waals surface area contributed by atoms with Crippen LogP contribution < -0.4 is 4.90 Å². The number of nitrogens with one attached hydrogen (secondary N) is 1. The van der Waals surface area contributed by atoms with Gasteiger partial charge in [0.2, 0.25) is 0 Å². The number of carbonyl (C=O) groups is 3. The molecule has 2 aliphatic heterocycles. The number of esters is 1. The molecule has 0 radical (unpaired) electrons. The molecule has 3 rings (SSSR count). The summed E-state index contributed by atoms with van der Waals surface area (Å²) < 4.78 is 5.06. The summed E-state index contributed by atoms with van der Waals surface area (Å²) in [5.41, 5.74) is 0.969. The van der Waals surface area contributed by atoms with Crippen molar-refractivity contribution in [2.24, 2.45) is 5.92 Å². The number of nitrogens with zero attached hydrogens (tertiary/aromatic N) is 1. The number of ether oxygens (including phenoxy) is 1. The molecule has 122 valence electrons. The van der Waals surface area contributed by atoms with Crippen LogP contribution in [0.5, 0.6) is 0 Å². The molecule has 1 aromatic rings. The van der Waals surface area contributed by atoms with Crippen molar-refractivity contribution >= 4 is 17.8 Å². The molecule has 6 heteroatoms. The van der Waals surface area contributed by atoms with E-state index in [1.54, 1.807) is 31.2 Å². The third-order valence-electron chi connectivity index (χ3n) is 4.57. The van der Waals surface area contributed by atoms with Crippen LogP contribution in [0.4, 0.5) is 0 Å². The Morgan fingerprint density at radius 1 is 1.17 bits per heavy atom. The average molecular weight is 317 g/mol. The minimum absolute atomic E-state index is 0.0547. The molecule has 0 unspecified atom stereocenters. The van der Waals surface area contributed by atoms with E-state index in [1.807, 2.05) is 0 Å². The minimum Gasteiger partial charge on any atom is -0.466 e. The summed E-state index contributed by atoms with van der Waals surface area (Å²) >= 11 is 0. The average Bonchev–Trinajstić information content (AvgIpc) is 2.81. The van der Waals surface area contributed by atoms with Crippen LogP contribution in [0.25, 0.3) is 0 Å². The molecule has 1 saturated heterocycles. The molecule has 2 amide bonds. The van der Waals surface area contributed by atoms with E-state index in [9.17, 15) is 14.4 Å². The Morgan fingerprint density at radius 2 is 1.74 bits per heavy atom. The van der Waals surface area contributed by atoms with Gasteiger partial charge in [-0.3, -0.25) is 14.4 Å². The highest BCUT2D eigenvalue weighted by molar-refractivity contribution is 6.21. The quantitative estimate of drug-likeness (QED) is 0.632. The number of carbonyl (C=O) groups excluding carboxylic acids is 3. The lowest BCUT2D eigenvalue weighted by atomic mass is 9.97. The van der Waals surface area contributed by atoms with Crippen LogP contribution in [0.2, 0.25) is 0 Å². The zero-order valence-corrected chi connectivity index (χ0v) is 13.2. The fraction of sp³-hybridized carbons (Fsp3) is 0.471. The summed E-state index contributed by atoms with van der Waals surface area (Å²) in [4.78, 5) is 38.9. The molecular weight excluding hydrogens is 296 g/mol. The van der Waals surface area contributed by atoms with E-state index >= 15 is 0 Å². The fourth-order valence-electron chi connectivity index (χ4n) is 3.29. The van der Waals surface area contributed by atoms with Crippen LogP contribution in [-0.4, -0.2) is 49.0 Å². The molecule has 0 aromatic heterocycles. The molecule has 2 heterocycles. The molecule has 0 aliphatic carbocycles. The van der Waals surface area contributed by atoms with E-state index in [4.69, 9.17) is 4.74 Å². The lowest BCUT2D eigenvalue weighted by Crippen LogP contribution is -3.14. The number of fused-ring (bicyclic) bond motifs is 1. The summed E-state index contributed by atoms with van der Waals surface area (Å²) in [6.07, 6.45) is 1.47. The van der Waals surface area contributed by atoms with Crippen molar-refractivity contribution in [2.75, 3.05) is 26.4 Å². The Hall–Kier alpha value is -2.21. The topological polar surface area (TPSA) is 68.1 Å². The van der Waals surface area contributed by atoms with Crippen LogP contribution in [0.1, 0.15) is 40.5 Å².